The smallest absolute Gasteiger partial charge is 0.276 e. The van der Waals surface area contributed by atoms with Gasteiger partial charge in [0.2, 0.25) is 0 Å². The Balaban J connectivity index is 1.33. The molecule has 1 aromatic heterocycles. The van der Waals surface area contributed by atoms with E-state index in [0.29, 0.717) is 17.3 Å². The largest absolute Gasteiger partial charge is 0.497 e. The number of benzene rings is 3. The zero-order valence-corrected chi connectivity index (χ0v) is 19.7. The fourth-order valence-corrected chi connectivity index (χ4v) is 3.57. The summed E-state index contributed by atoms with van der Waals surface area (Å²) < 4.78 is 12.7. The van der Waals surface area contributed by atoms with Gasteiger partial charge < -0.3 is 9.47 Å². The molecule has 10 heteroatoms. The van der Waals surface area contributed by atoms with Crippen molar-refractivity contribution in [2.75, 3.05) is 13.7 Å². The first-order valence-corrected chi connectivity index (χ1v) is 11.1. The summed E-state index contributed by atoms with van der Waals surface area (Å²) in [5, 5.41) is 6.89. The molecule has 0 aliphatic carbocycles. The minimum Gasteiger partial charge on any atom is -0.497 e. The third-order valence-electron chi connectivity index (χ3n) is 5.08. The Morgan fingerprint density at radius 1 is 0.914 bits per heavy atom. The number of amides is 2. The number of hydrogen-bond acceptors (Lipinski definition) is 6. The second kappa shape index (κ2) is 11.1. The lowest BCUT2D eigenvalue weighted by Gasteiger charge is -2.12. The maximum atomic E-state index is 12.5. The predicted molar refractivity (Wildman–Crippen MR) is 133 cm³/mol. The molecule has 0 atom stereocenters. The van der Waals surface area contributed by atoms with Crippen LogP contribution in [0, 0.1) is 4.77 Å². The maximum Gasteiger partial charge on any atom is 0.276 e. The van der Waals surface area contributed by atoms with Gasteiger partial charge in [-0.25, -0.2) is 0 Å². The van der Waals surface area contributed by atoms with Crippen LogP contribution in [0.2, 0.25) is 0 Å². The third kappa shape index (κ3) is 5.92. The number of H-pyrrole nitrogens is 1. The summed E-state index contributed by atoms with van der Waals surface area (Å²) in [5.74, 6) is 0.764. The van der Waals surface area contributed by atoms with Crippen molar-refractivity contribution in [3.05, 3.63) is 83.6 Å². The second-order valence-electron chi connectivity index (χ2n) is 7.41. The molecule has 0 spiro atoms. The van der Waals surface area contributed by atoms with E-state index < -0.39 is 11.8 Å². The van der Waals surface area contributed by atoms with Crippen LogP contribution in [0.3, 0.4) is 0 Å². The van der Waals surface area contributed by atoms with Crippen LogP contribution in [-0.4, -0.2) is 40.3 Å². The van der Waals surface area contributed by atoms with Gasteiger partial charge in [0.1, 0.15) is 18.0 Å². The number of carbonyl (C=O) groups excluding carboxylic acids is 2. The first kappa shape index (κ1) is 23.7. The monoisotopic (exact) mass is 489 g/mol. The number of aromatic nitrogens is 3. The van der Waals surface area contributed by atoms with Crippen molar-refractivity contribution >= 4 is 24.0 Å². The lowest BCUT2D eigenvalue weighted by atomic mass is 10.1. The molecule has 1 heterocycles. The molecule has 178 valence electrons. The topological polar surface area (TPSA) is 110 Å². The van der Waals surface area contributed by atoms with Gasteiger partial charge in [-0.05, 0) is 48.1 Å². The van der Waals surface area contributed by atoms with Gasteiger partial charge in [0, 0.05) is 11.1 Å². The van der Waals surface area contributed by atoms with Crippen LogP contribution in [0.1, 0.15) is 0 Å². The van der Waals surface area contributed by atoms with Gasteiger partial charge in [-0.2, -0.15) is 5.10 Å². The molecule has 0 radical (unpaired) electrons. The first-order valence-electron chi connectivity index (χ1n) is 10.7. The van der Waals surface area contributed by atoms with Gasteiger partial charge in [0.15, 0.2) is 17.2 Å². The average molecular weight is 490 g/mol. The predicted octanol–water partition coefficient (Wildman–Crippen LogP) is 3.51. The van der Waals surface area contributed by atoms with E-state index in [-0.39, 0.29) is 17.9 Å². The molecule has 9 nitrogen and oxygen atoms in total. The van der Waals surface area contributed by atoms with Crippen molar-refractivity contribution in [3.63, 3.8) is 0 Å². The van der Waals surface area contributed by atoms with Crippen LogP contribution in [0.4, 0.5) is 0 Å². The van der Waals surface area contributed by atoms with Crippen LogP contribution < -0.4 is 20.3 Å². The molecule has 0 saturated carbocycles. The molecular weight excluding hydrogens is 466 g/mol. The molecule has 0 unspecified atom stereocenters. The van der Waals surface area contributed by atoms with Crippen LogP contribution in [0.5, 0.6) is 11.5 Å². The summed E-state index contributed by atoms with van der Waals surface area (Å²) in [5.41, 5.74) is 7.33. The van der Waals surface area contributed by atoms with Crippen molar-refractivity contribution in [2.45, 2.75) is 6.54 Å². The van der Waals surface area contributed by atoms with Gasteiger partial charge in [-0.3, -0.25) is 30.1 Å². The van der Waals surface area contributed by atoms with E-state index in [4.69, 9.17) is 21.7 Å². The summed E-state index contributed by atoms with van der Waals surface area (Å²) in [6.07, 6.45) is 0. The number of hydrazine groups is 1. The quantitative estimate of drug-likeness (QED) is 0.258. The summed E-state index contributed by atoms with van der Waals surface area (Å²) in [6.45, 7) is -0.416. The molecule has 35 heavy (non-hydrogen) atoms. The van der Waals surface area contributed by atoms with Crippen LogP contribution >= 0.6 is 12.2 Å². The van der Waals surface area contributed by atoms with Crippen LogP contribution in [0.25, 0.3) is 22.5 Å². The molecule has 3 aromatic carbocycles. The van der Waals surface area contributed by atoms with Gasteiger partial charge in [-0.1, -0.05) is 48.5 Å². The Morgan fingerprint density at radius 3 is 2.34 bits per heavy atom. The van der Waals surface area contributed by atoms with Gasteiger partial charge >= 0.3 is 0 Å². The third-order valence-corrected chi connectivity index (χ3v) is 5.39. The number of carbonyl (C=O) groups is 2. The number of para-hydroxylation sites is 1. The highest BCUT2D eigenvalue weighted by Crippen LogP contribution is 2.29. The number of aromatic amines is 1. The summed E-state index contributed by atoms with van der Waals surface area (Å²) in [4.78, 5) is 24.7. The Morgan fingerprint density at radius 2 is 1.60 bits per heavy atom. The highest BCUT2D eigenvalue weighted by Gasteiger charge is 2.14. The average Bonchev–Trinajstić information content (AvgIpc) is 3.26. The van der Waals surface area contributed by atoms with E-state index in [1.54, 1.807) is 25.3 Å². The molecule has 4 aromatic rings. The zero-order valence-electron chi connectivity index (χ0n) is 18.9. The van der Waals surface area contributed by atoms with Crippen molar-refractivity contribution in [1.82, 2.24) is 25.6 Å². The minimum atomic E-state index is -0.507. The van der Waals surface area contributed by atoms with E-state index in [1.807, 2.05) is 60.7 Å². The van der Waals surface area contributed by atoms with Gasteiger partial charge in [-0.15, -0.1) is 0 Å². The molecule has 0 aliphatic heterocycles. The second-order valence-corrected chi connectivity index (χ2v) is 7.80. The van der Waals surface area contributed by atoms with Gasteiger partial charge in [0.25, 0.3) is 11.8 Å². The summed E-state index contributed by atoms with van der Waals surface area (Å²) >= 11 is 5.26. The van der Waals surface area contributed by atoms with Gasteiger partial charge in [0.05, 0.1) is 7.11 Å². The highest BCUT2D eigenvalue weighted by molar-refractivity contribution is 7.71. The van der Waals surface area contributed by atoms with E-state index >= 15 is 0 Å². The number of hydrogen-bond donors (Lipinski definition) is 3. The van der Waals surface area contributed by atoms with E-state index in [1.165, 1.54) is 4.57 Å². The van der Waals surface area contributed by atoms with E-state index in [0.717, 1.165) is 16.7 Å². The standard InChI is InChI=1S/C25H23N5O4S/c1-33-19-13-11-18(12-14-19)24-28-29-25(35)30(24)15-22(31)26-27-23(32)16-34-21-10-6-5-9-20(21)17-7-3-2-4-8-17/h2-14H,15-16H2,1H3,(H,26,31)(H,27,32)(H,29,35). The number of rotatable bonds is 8. The fraction of sp³-hybridized carbons (Fsp3) is 0.120. The molecule has 0 bridgehead atoms. The lowest BCUT2D eigenvalue weighted by Crippen LogP contribution is -2.45. The molecule has 0 saturated heterocycles. The van der Waals surface area contributed by atoms with Crippen molar-refractivity contribution in [2.24, 2.45) is 0 Å². The Bertz CT molecular complexity index is 1370. The molecule has 3 N–H and O–H groups in total. The first-order chi connectivity index (χ1) is 17.0. The van der Waals surface area contributed by atoms with E-state index in [2.05, 4.69) is 21.0 Å². The van der Waals surface area contributed by atoms with Crippen molar-refractivity contribution in [3.8, 4) is 34.0 Å². The number of methoxy groups -OCH3 is 1. The maximum absolute atomic E-state index is 12.5. The SMILES string of the molecule is COc1ccc(-c2n[nH]c(=S)n2CC(=O)NNC(=O)COc2ccccc2-c2ccccc2)cc1. The minimum absolute atomic E-state index is 0.144. The Labute approximate surface area is 206 Å². The number of ether oxygens (including phenoxy) is 2. The van der Waals surface area contributed by atoms with Crippen LogP contribution in [-0.2, 0) is 16.1 Å². The fourth-order valence-electron chi connectivity index (χ4n) is 3.38. The molecule has 0 fully saturated rings. The highest BCUT2D eigenvalue weighted by atomic mass is 32.1. The van der Waals surface area contributed by atoms with Crippen molar-refractivity contribution < 1.29 is 19.1 Å². The lowest BCUT2D eigenvalue weighted by molar-refractivity contribution is -0.130. The zero-order chi connectivity index (χ0) is 24.6. The van der Waals surface area contributed by atoms with Crippen LogP contribution in [0.15, 0.2) is 78.9 Å². The molecule has 4 rings (SSSR count). The summed E-state index contributed by atoms with van der Waals surface area (Å²) in [7, 11) is 1.58. The summed E-state index contributed by atoms with van der Waals surface area (Å²) in [6, 6.07) is 24.3. The molecule has 2 amide bonds. The van der Waals surface area contributed by atoms with E-state index in [9.17, 15) is 9.59 Å². The normalized spacial score (nSPS) is 10.4. The number of nitrogens with one attached hydrogen (secondary N) is 3. The number of nitrogens with zero attached hydrogens (tertiary/aromatic N) is 2. The molecular formula is C25H23N5O4S. The molecule has 0 aliphatic rings. The Kier molecular flexibility index (Phi) is 7.53. The van der Waals surface area contributed by atoms with Crippen molar-refractivity contribution in [1.29, 1.82) is 0 Å². The Hall–Kier alpha value is -4.44.